The first-order valence-corrected chi connectivity index (χ1v) is 10.9. The van der Waals surface area contributed by atoms with Crippen LogP contribution in [0.2, 0.25) is 5.02 Å². The SMILES string of the molecule is Cc1cccc(NS(=O)(=O)c2ccc(Cl)c(C(=O)N3CC(C)OC(C)C3)c2)c1. The molecule has 2 unspecified atom stereocenters. The molecule has 1 amide bonds. The number of halogens is 1. The Kier molecular flexibility index (Phi) is 5.98. The summed E-state index contributed by atoms with van der Waals surface area (Å²) in [5.41, 5.74) is 1.55. The van der Waals surface area contributed by atoms with Crippen LogP contribution in [0.3, 0.4) is 0 Å². The second kappa shape index (κ2) is 8.11. The monoisotopic (exact) mass is 422 g/mol. The number of nitrogens with one attached hydrogen (secondary N) is 1. The fraction of sp³-hybridized carbons (Fsp3) is 0.350. The standard InChI is InChI=1S/C20H23ClN2O4S/c1-13-5-4-6-16(9-13)22-28(25,26)17-7-8-19(21)18(10-17)20(24)23-11-14(2)27-15(3)12-23/h4-10,14-15,22H,11-12H2,1-3H3. The van der Waals surface area contributed by atoms with E-state index in [9.17, 15) is 13.2 Å². The average molecular weight is 423 g/mol. The Labute approximate surface area is 170 Å². The fourth-order valence-electron chi connectivity index (χ4n) is 3.27. The van der Waals surface area contributed by atoms with Crippen molar-refractivity contribution in [3.8, 4) is 0 Å². The van der Waals surface area contributed by atoms with Gasteiger partial charge in [-0.2, -0.15) is 0 Å². The van der Waals surface area contributed by atoms with Crippen molar-refractivity contribution in [1.82, 2.24) is 4.90 Å². The first-order chi connectivity index (χ1) is 13.2. The lowest BCUT2D eigenvalue weighted by atomic mass is 10.1. The summed E-state index contributed by atoms with van der Waals surface area (Å²) in [4.78, 5) is 14.6. The summed E-state index contributed by atoms with van der Waals surface area (Å²) >= 11 is 6.22. The molecule has 1 aliphatic heterocycles. The molecule has 0 spiro atoms. The van der Waals surface area contributed by atoms with E-state index in [1.807, 2.05) is 26.8 Å². The number of benzene rings is 2. The van der Waals surface area contributed by atoms with Gasteiger partial charge in [0, 0.05) is 18.8 Å². The molecular weight excluding hydrogens is 400 g/mol. The van der Waals surface area contributed by atoms with E-state index >= 15 is 0 Å². The number of carbonyl (C=O) groups is 1. The molecule has 1 aliphatic rings. The van der Waals surface area contributed by atoms with Crippen LogP contribution in [0.4, 0.5) is 5.69 Å². The molecule has 8 heteroatoms. The normalized spacial score (nSPS) is 20.1. The Bertz CT molecular complexity index is 983. The fourth-order valence-corrected chi connectivity index (χ4v) is 4.55. The second-order valence-electron chi connectivity index (χ2n) is 7.08. The van der Waals surface area contributed by atoms with Crippen molar-refractivity contribution in [2.45, 2.75) is 37.9 Å². The Hall–Kier alpha value is -2.09. The van der Waals surface area contributed by atoms with Gasteiger partial charge in [-0.3, -0.25) is 9.52 Å². The third-order valence-electron chi connectivity index (χ3n) is 4.46. The number of hydrogen-bond donors (Lipinski definition) is 1. The minimum atomic E-state index is -3.86. The lowest BCUT2D eigenvalue weighted by Crippen LogP contribution is -2.48. The lowest BCUT2D eigenvalue weighted by Gasteiger charge is -2.35. The van der Waals surface area contributed by atoms with E-state index in [2.05, 4.69) is 4.72 Å². The molecule has 2 atom stereocenters. The third kappa shape index (κ3) is 4.66. The average Bonchev–Trinajstić information content (AvgIpc) is 2.60. The molecular formula is C20H23ClN2O4S. The zero-order valence-corrected chi connectivity index (χ0v) is 17.5. The number of carbonyl (C=O) groups excluding carboxylic acids is 1. The van der Waals surface area contributed by atoms with Crippen LogP contribution in [0.25, 0.3) is 0 Å². The minimum absolute atomic E-state index is 0.0175. The van der Waals surface area contributed by atoms with Crippen molar-refractivity contribution in [3.05, 3.63) is 58.6 Å². The van der Waals surface area contributed by atoms with Crippen LogP contribution in [0.15, 0.2) is 47.4 Å². The number of anilines is 1. The molecule has 2 aromatic carbocycles. The summed E-state index contributed by atoms with van der Waals surface area (Å²) in [5.74, 6) is -0.306. The van der Waals surface area contributed by atoms with Crippen molar-refractivity contribution in [2.24, 2.45) is 0 Å². The van der Waals surface area contributed by atoms with Crippen LogP contribution in [0.1, 0.15) is 29.8 Å². The van der Waals surface area contributed by atoms with Crippen LogP contribution in [0.5, 0.6) is 0 Å². The van der Waals surface area contributed by atoms with Gasteiger partial charge in [0.15, 0.2) is 0 Å². The van der Waals surface area contributed by atoms with Crippen LogP contribution >= 0.6 is 11.6 Å². The van der Waals surface area contributed by atoms with E-state index in [4.69, 9.17) is 16.3 Å². The first-order valence-electron chi connectivity index (χ1n) is 8.99. The second-order valence-corrected chi connectivity index (χ2v) is 9.17. The number of sulfonamides is 1. The summed E-state index contributed by atoms with van der Waals surface area (Å²) in [6.07, 6.45) is -0.192. The van der Waals surface area contributed by atoms with E-state index in [0.29, 0.717) is 18.8 Å². The number of hydrogen-bond acceptors (Lipinski definition) is 4. The maximum absolute atomic E-state index is 13.0. The Morgan fingerprint density at radius 2 is 1.82 bits per heavy atom. The number of nitrogens with zero attached hydrogens (tertiary/aromatic N) is 1. The molecule has 0 saturated carbocycles. The Balaban J connectivity index is 1.89. The summed E-state index contributed by atoms with van der Waals surface area (Å²) in [7, 11) is -3.86. The van der Waals surface area contributed by atoms with Crippen molar-refractivity contribution in [3.63, 3.8) is 0 Å². The molecule has 0 aliphatic carbocycles. The predicted octanol–water partition coefficient (Wildman–Crippen LogP) is 3.70. The van der Waals surface area contributed by atoms with E-state index in [-0.39, 0.29) is 33.6 Å². The van der Waals surface area contributed by atoms with Gasteiger partial charge in [0.2, 0.25) is 0 Å². The van der Waals surface area contributed by atoms with Gasteiger partial charge in [0.05, 0.1) is 27.7 Å². The summed E-state index contributed by atoms with van der Waals surface area (Å²) in [6.45, 7) is 6.52. The number of rotatable bonds is 4. The molecule has 2 aromatic rings. The molecule has 1 fully saturated rings. The molecule has 1 heterocycles. The molecule has 6 nitrogen and oxygen atoms in total. The highest BCUT2D eigenvalue weighted by Gasteiger charge is 2.28. The van der Waals surface area contributed by atoms with Gasteiger partial charge < -0.3 is 9.64 Å². The van der Waals surface area contributed by atoms with Crippen molar-refractivity contribution in [2.75, 3.05) is 17.8 Å². The molecule has 1 saturated heterocycles. The Morgan fingerprint density at radius 3 is 2.46 bits per heavy atom. The van der Waals surface area contributed by atoms with Gasteiger partial charge in [-0.25, -0.2) is 8.42 Å². The zero-order chi connectivity index (χ0) is 20.5. The summed E-state index contributed by atoms with van der Waals surface area (Å²) in [5, 5.41) is 0.214. The van der Waals surface area contributed by atoms with Crippen LogP contribution in [-0.4, -0.2) is 44.5 Å². The van der Waals surface area contributed by atoms with E-state index in [1.165, 1.54) is 18.2 Å². The lowest BCUT2D eigenvalue weighted by molar-refractivity contribution is -0.0586. The van der Waals surface area contributed by atoms with E-state index in [0.717, 1.165) is 5.56 Å². The smallest absolute Gasteiger partial charge is 0.261 e. The largest absolute Gasteiger partial charge is 0.372 e. The van der Waals surface area contributed by atoms with Crippen LogP contribution < -0.4 is 4.72 Å². The molecule has 3 rings (SSSR count). The topological polar surface area (TPSA) is 75.7 Å². The van der Waals surface area contributed by atoms with Crippen molar-refractivity contribution < 1.29 is 17.9 Å². The first kappa shape index (κ1) is 20.6. The number of amides is 1. The molecule has 0 bridgehead atoms. The molecule has 0 aromatic heterocycles. The third-order valence-corrected chi connectivity index (χ3v) is 6.16. The maximum atomic E-state index is 13.0. The molecule has 1 N–H and O–H groups in total. The maximum Gasteiger partial charge on any atom is 0.261 e. The molecule has 0 radical (unpaired) electrons. The van der Waals surface area contributed by atoms with Gasteiger partial charge in [-0.05, 0) is 56.7 Å². The summed E-state index contributed by atoms with van der Waals surface area (Å²) < 4.78 is 33.8. The van der Waals surface area contributed by atoms with Gasteiger partial charge in [-0.15, -0.1) is 0 Å². The van der Waals surface area contributed by atoms with Crippen molar-refractivity contribution in [1.29, 1.82) is 0 Å². The number of morpholine rings is 1. The van der Waals surface area contributed by atoms with E-state index in [1.54, 1.807) is 23.1 Å². The van der Waals surface area contributed by atoms with Crippen LogP contribution in [0, 0.1) is 6.92 Å². The number of aryl methyl sites for hydroxylation is 1. The highest BCUT2D eigenvalue weighted by Crippen LogP contribution is 2.25. The van der Waals surface area contributed by atoms with Crippen molar-refractivity contribution >= 4 is 33.2 Å². The highest BCUT2D eigenvalue weighted by atomic mass is 35.5. The van der Waals surface area contributed by atoms with E-state index < -0.39 is 10.0 Å². The zero-order valence-electron chi connectivity index (χ0n) is 16.0. The van der Waals surface area contributed by atoms with Gasteiger partial charge >= 0.3 is 0 Å². The Morgan fingerprint density at radius 1 is 1.14 bits per heavy atom. The quantitative estimate of drug-likeness (QED) is 0.815. The van der Waals surface area contributed by atoms with Gasteiger partial charge in [0.1, 0.15) is 0 Å². The predicted molar refractivity (Wildman–Crippen MR) is 109 cm³/mol. The van der Waals surface area contributed by atoms with Crippen LogP contribution in [-0.2, 0) is 14.8 Å². The minimum Gasteiger partial charge on any atom is -0.372 e. The number of ether oxygens (including phenoxy) is 1. The van der Waals surface area contributed by atoms with Gasteiger partial charge in [-0.1, -0.05) is 23.7 Å². The summed E-state index contributed by atoms with van der Waals surface area (Å²) in [6, 6.07) is 11.2. The highest BCUT2D eigenvalue weighted by molar-refractivity contribution is 7.92. The van der Waals surface area contributed by atoms with Gasteiger partial charge in [0.25, 0.3) is 15.9 Å². The molecule has 28 heavy (non-hydrogen) atoms. The molecule has 150 valence electrons.